The number of halogens is 1. The largest absolute Gasteiger partial charge is 0.444 e. The topological polar surface area (TPSA) is 58.8 Å². The maximum absolute atomic E-state index is 12.3. The summed E-state index contributed by atoms with van der Waals surface area (Å²) >= 11 is 3.47. The van der Waals surface area contributed by atoms with E-state index >= 15 is 0 Å². The van der Waals surface area contributed by atoms with Crippen LogP contribution in [0.2, 0.25) is 0 Å². The molecule has 6 heteroatoms. The molecule has 1 aliphatic rings. The molecule has 1 amide bonds. The molecular weight excluding hydrogens is 370 g/mol. The Kier molecular flexibility index (Phi) is 6.66. The Hall–Kier alpha value is -1.11. The monoisotopic (exact) mass is 397 g/mol. The van der Waals surface area contributed by atoms with Crippen molar-refractivity contribution in [1.29, 1.82) is 0 Å². The van der Waals surface area contributed by atoms with E-state index in [9.17, 15) is 4.79 Å². The van der Waals surface area contributed by atoms with Crippen LogP contribution in [0.15, 0.2) is 28.7 Å². The first-order valence-electron chi connectivity index (χ1n) is 8.47. The molecule has 2 N–H and O–H groups in total. The first kappa shape index (κ1) is 19.2. The number of hydrogen-bond donors (Lipinski definition) is 1. The van der Waals surface area contributed by atoms with Crippen molar-refractivity contribution in [2.75, 3.05) is 32.7 Å². The lowest BCUT2D eigenvalue weighted by Gasteiger charge is -2.30. The molecule has 0 spiro atoms. The van der Waals surface area contributed by atoms with E-state index in [0.717, 1.165) is 30.5 Å². The summed E-state index contributed by atoms with van der Waals surface area (Å²) in [5, 5.41) is 0. The van der Waals surface area contributed by atoms with Gasteiger partial charge in [0.05, 0.1) is 0 Å². The highest BCUT2D eigenvalue weighted by molar-refractivity contribution is 9.10. The summed E-state index contributed by atoms with van der Waals surface area (Å²) in [4.78, 5) is 16.4. The van der Waals surface area contributed by atoms with Crippen LogP contribution in [0.3, 0.4) is 0 Å². The van der Waals surface area contributed by atoms with Crippen LogP contribution in [0.5, 0.6) is 0 Å². The van der Waals surface area contributed by atoms with E-state index in [4.69, 9.17) is 10.5 Å². The van der Waals surface area contributed by atoms with Crippen molar-refractivity contribution in [3.8, 4) is 0 Å². The molecule has 1 atom stereocenters. The zero-order chi connectivity index (χ0) is 17.7. The second kappa shape index (κ2) is 8.32. The Balaban J connectivity index is 2.01. The summed E-state index contributed by atoms with van der Waals surface area (Å²) < 4.78 is 6.56. The quantitative estimate of drug-likeness (QED) is 0.848. The molecule has 0 bridgehead atoms. The smallest absolute Gasteiger partial charge is 0.410 e. The highest BCUT2D eigenvalue weighted by Gasteiger charge is 2.27. The number of amides is 1. The molecular formula is C18H28BrN3O2. The Morgan fingerprint density at radius 2 is 1.88 bits per heavy atom. The average molecular weight is 398 g/mol. The first-order valence-corrected chi connectivity index (χ1v) is 9.27. The number of nitrogens with zero attached hydrogens (tertiary/aromatic N) is 2. The summed E-state index contributed by atoms with van der Waals surface area (Å²) in [6.07, 6.45) is 0.698. The Labute approximate surface area is 153 Å². The van der Waals surface area contributed by atoms with Gasteiger partial charge in [0.1, 0.15) is 5.60 Å². The van der Waals surface area contributed by atoms with Crippen molar-refractivity contribution in [2.45, 2.75) is 38.8 Å². The maximum Gasteiger partial charge on any atom is 0.410 e. The van der Waals surface area contributed by atoms with Gasteiger partial charge in [0, 0.05) is 43.2 Å². The van der Waals surface area contributed by atoms with E-state index in [-0.39, 0.29) is 12.1 Å². The molecule has 1 heterocycles. The van der Waals surface area contributed by atoms with Crippen molar-refractivity contribution in [3.63, 3.8) is 0 Å². The predicted octanol–water partition coefficient (Wildman–Crippen LogP) is 3.39. The first-order chi connectivity index (χ1) is 11.3. The Morgan fingerprint density at radius 3 is 2.46 bits per heavy atom. The van der Waals surface area contributed by atoms with Gasteiger partial charge in [-0.05, 0) is 44.9 Å². The van der Waals surface area contributed by atoms with Crippen molar-refractivity contribution in [2.24, 2.45) is 5.73 Å². The van der Waals surface area contributed by atoms with Crippen LogP contribution in [-0.2, 0) is 4.74 Å². The lowest BCUT2D eigenvalue weighted by Crippen LogP contribution is -2.40. The van der Waals surface area contributed by atoms with Crippen LogP contribution in [0.1, 0.15) is 38.8 Å². The number of ether oxygens (including phenoxy) is 1. The molecule has 1 aliphatic heterocycles. The van der Waals surface area contributed by atoms with Gasteiger partial charge >= 0.3 is 6.09 Å². The van der Waals surface area contributed by atoms with Crippen LogP contribution < -0.4 is 5.73 Å². The zero-order valence-corrected chi connectivity index (χ0v) is 16.4. The third kappa shape index (κ3) is 5.46. The Morgan fingerprint density at radius 1 is 1.21 bits per heavy atom. The van der Waals surface area contributed by atoms with E-state index in [1.165, 1.54) is 5.56 Å². The molecule has 134 valence electrons. The predicted molar refractivity (Wildman–Crippen MR) is 99.9 cm³/mol. The average Bonchev–Trinajstić information content (AvgIpc) is 2.74. The van der Waals surface area contributed by atoms with Crippen LogP contribution in [-0.4, -0.2) is 54.2 Å². The molecule has 2 rings (SSSR count). The van der Waals surface area contributed by atoms with Gasteiger partial charge in [-0.1, -0.05) is 28.1 Å². The fourth-order valence-electron chi connectivity index (χ4n) is 2.94. The standard InChI is InChI=1S/C18H28BrN3O2/c1-18(2,3)24-17(23)22-10-4-9-21(11-12-22)16(13-20)14-5-7-15(19)8-6-14/h5-8,16H,4,9-13,20H2,1-3H3. The Bertz CT molecular complexity index is 542. The molecule has 1 aromatic rings. The minimum Gasteiger partial charge on any atom is -0.444 e. The SMILES string of the molecule is CC(C)(C)OC(=O)N1CCCN(C(CN)c2ccc(Br)cc2)CC1. The number of benzene rings is 1. The van der Waals surface area contributed by atoms with E-state index in [0.29, 0.717) is 13.1 Å². The van der Waals surface area contributed by atoms with Crippen LogP contribution >= 0.6 is 15.9 Å². The van der Waals surface area contributed by atoms with Gasteiger partial charge in [-0.15, -0.1) is 0 Å². The molecule has 0 aliphatic carbocycles. The second-order valence-electron chi connectivity index (χ2n) is 7.16. The molecule has 1 unspecified atom stereocenters. The fourth-order valence-corrected chi connectivity index (χ4v) is 3.20. The highest BCUT2D eigenvalue weighted by Crippen LogP contribution is 2.23. The van der Waals surface area contributed by atoms with Crippen molar-refractivity contribution in [3.05, 3.63) is 34.3 Å². The lowest BCUT2D eigenvalue weighted by atomic mass is 10.1. The maximum atomic E-state index is 12.3. The molecule has 1 aromatic carbocycles. The number of nitrogens with two attached hydrogens (primary N) is 1. The third-order valence-electron chi connectivity index (χ3n) is 4.10. The number of carbonyl (C=O) groups excluding carboxylic acids is 1. The summed E-state index contributed by atoms with van der Waals surface area (Å²) in [6, 6.07) is 8.48. The summed E-state index contributed by atoms with van der Waals surface area (Å²) in [5.74, 6) is 0. The summed E-state index contributed by atoms with van der Waals surface area (Å²) in [7, 11) is 0. The molecule has 0 radical (unpaired) electrons. The van der Waals surface area contributed by atoms with E-state index in [1.54, 1.807) is 4.90 Å². The van der Waals surface area contributed by atoms with Crippen molar-refractivity contribution in [1.82, 2.24) is 9.80 Å². The van der Waals surface area contributed by atoms with E-state index in [1.807, 2.05) is 32.9 Å². The van der Waals surface area contributed by atoms with Crippen molar-refractivity contribution < 1.29 is 9.53 Å². The van der Waals surface area contributed by atoms with Gasteiger partial charge in [-0.2, -0.15) is 0 Å². The number of hydrogen-bond acceptors (Lipinski definition) is 4. The molecule has 0 aromatic heterocycles. The van der Waals surface area contributed by atoms with Crippen LogP contribution in [0, 0.1) is 0 Å². The lowest BCUT2D eigenvalue weighted by molar-refractivity contribution is 0.0255. The van der Waals surface area contributed by atoms with Gasteiger partial charge in [0.25, 0.3) is 0 Å². The third-order valence-corrected chi connectivity index (χ3v) is 4.63. The van der Waals surface area contributed by atoms with Crippen LogP contribution in [0.25, 0.3) is 0 Å². The van der Waals surface area contributed by atoms with Gasteiger partial charge in [-0.25, -0.2) is 4.79 Å². The molecule has 24 heavy (non-hydrogen) atoms. The van der Waals surface area contributed by atoms with Crippen molar-refractivity contribution >= 4 is 22.0 Å². The molecule has 1 saturated heterocycles. The highest BCUT2D eigenvalue weighted by atomic mass is 79.9. The molecule has 0 saturated carbocycles. The van der Waals surface area contributed by atoms with Gasteiger partial charge in [-0.3, -0.25) is 4.90 Å². The molecule has 1 fully saturated rings. The summed E-state index contributed by atoms with van der Waals surface area (Å²) in [5.41, 5.74) is 6.80. The van der Waals surface area contributed by atoms with E-state index in [2.05, 4.69) is 33.0 Å². The normalized spacial score (nSPS) is 18.1. The minimum absolute atomic E-state index is 0.177. The molecule has 5 nitrogen and oxygen atoms in total. The second-order valence-corrected chi connectivity index (χ2v) is 8.08. The minimum atomic E-state index is -0.458. The van der Waals surface area contributed by atoms with Gasteiger partial charge < -0.3 is 15.4 Å². The zero-order valence-electron chi connectivity index (χ0n) is 14.8. The van der Waals surface area contributed by atoms with Gasteiger partial charge in [0.15, 0.2) is 0 Å². The number of rotatable bonds is 3. The fraction of sp³-hybridized carbons (Fsp3) is 0.611. The van der Waals surface area contributed by atoms with Gasteiger partial charge in [0.2, 0.25) is 0 Å². The van der Waals surface area contributed by atoms with Crippen LogP contribution in [0.4, 0.5) is 4.79 Å². The number of carbonyl (C=O) groups is 1. The van der Waals surface area contributed by atoms with E-state index < -0.39 is 5.60 Å². The summed E-state index contributed by atoms with van der Waals surface area (Å²) in [6.45, 7) is 9.38.